The summed E-state index contributed by atoms with van der Waals surface area (Å²) in [5.41, 5.74) is 0.814. The van der Waals surface area contributed by atoms with Crippen molar-refractivity contribution >= 4 is 22.8 Å². The van der Waals surface area contributed by atoms with Gasteiger partial charge in [0.15, 0.2) is 23.2 Å². The number of H-pyrrole nitrogens is 1. The first-order valence-electron chi connectivity index (χ1n) is 11.5. The maximum atomic E-state index is 15.5. The molecule has 7 nitrogen and oxygen atoms in total. The number of carbonyl (C=O) groups is 1. The van der Waals surface area contributed by atoms with E-state index in [1.807, 2.05) is 13.8 Å². The summed E-state index contributed by atoms with van der Waals surface area (Å²) in [6.45, 7) is 3.77. The maximum absolute atomic E-state index is 15.5. The van der Waals surface area contributed by atoms with E-state index < -0.39 is 29.6 Å². The highest BCUT2D eigenvalue weighted by Crippen LogP contribution is 2.46. The molecule has 0 spiro atoms. The molecule has 176 valence electrons. The van der Waals surface area contributed by atoms with Crippen molar-refractivity contribution in [2.24, 2.45) is 23.7 Å². The van der Waals surface area contributed by atoms with Crippen LogP contribution in [0.25, 0.3) is 22.4 Å². The number of pyridine rings is 1. The summed E-state index contributed by atoms with van der Waals surface area (Å²) in [5.74, 6) is 3.25. The molecule has 2 atom stereocenters. The standard InChI is InChI=1S/C25H25F2N5O2/c1-12(2)3-8-18-20(27)24(31-21-14-6-4-13(5-7-14)19(21)25(33)34)32-23(30-18)17-11-29-22-16(17)9-15(26)10-28-22/h9-14,19,21H,4-7H2,1-2H3,(H,28,29)(H,33,34)(H,30,31,32)/t13?,14?,19-,21-/m0/s1. The van der Waals surface area contributed by atoms with Crippen molar-refractivity contribution in [1.82, 2.24) is 19.9 Å². The summed E-state index contributed by atoms with van der Waals surface area (Å²) < 4.78 is 29.4. The van der Waals surface area contributed by atoms with Gasteiger partial charge in [-0.25, -0.2) is 19.3 Å². The third kappa shape index (κ3) is 3.98. The highest BCUT2D eigenvalue weighted by Gasteiger charge is 2.47. The van der Waals surface area contributed by atoms with E-state index in [0.29, 0.717) is 16.6 Å². The van der Waals surface area contributed by atoms with E-state index in [0.717, 1.165) is 31.9 Å². The fourth-order valence-electron chi connectivity index (χ4n) is 5.29. The fourth-order valence-corrected chi connectivity index (χ4v) is 5.29. The molecule has 3 aliphatic carbocycles. The van der Waals surface area contributed by atoms with Gasteiger partial charge in [0.25, 0.3) is 0 Å². The minimum Gasteiger partial charge on any atom is -0.481 e. The van der Waals surface area contributed by atoms with E-state index in [4.69, 9.17) is 0 Å². The molecule has 0 radical (unpaired) electrons. The number of hydrogen-bond acceptors (Lipinski definition) is 5. The minimum atomic E-state index is -0.875. The molecule has 3 aliphatic rings. The monoisotopic (exact) mass is 465 g/mol. The zero-order valence-corrected chi connectivity index (χ0v) is 18.9. The van der Waals surface area contributed by atoms with Crippen molar-refractivity contribution in [1.29, 1.82) is 0 Å². The van der Waals surface area contributed by atoms with E-state index >= 15 is 4.39 Å². The zero-order chi connectivity index (χ0) is 24.0. The van der Waals surface area contributed by atoms with Gasteiger partial charge in [-0.2, -0.15) is 4.39 Å². The van der Waals surface area contributed by atoms with Crippen molar-refractivity contribution in [3.63, 3.8) is 0 Å². The lowest BCUT2D eigenvalue weighted by atomic mass is 9.61. The van der Waals surface area contributed by atoms with Gasteiger partial charge in [-0.15, -0.1) is 0 Å². The van der Waals surface area contributed by atoms with Crippen molar-refractivity contribution < 1.29 is 18.7 Å². The van der Waals surface area contributed by atoms with Gasteiger partial charge in [-0.1, -0.05) is 19.8 Å². The van der Waals surface area contributed by atoms with E-state index in [1.54, 1.807) is 6.20 Å². The first-order chi connectivity index (χ1) is 16.3. The van der Waals surface area contributed by atoms with Crippen molar-refractivity contribution in [2.75, 3.05) is 5.32 Å². The van der Waals surface area contributed by atoms with Gasteiger partial charge in [-0.3, -0.25) is 4.79 Å². The van der Waals surface area contributed by atoms with Crippen LogP contribution in [0.5, 0.6) is 0 Å². The van der Waals surface area contributed by atoms with Crippen LogP contribution in [0.4, 0.5) is 14.6 Å². The van der Waals surface area contributed by atoms with E-state index in [2.05, 4.69) is 37.1 Å². The average Bonchev–Trinajstić information content (AvgIpc) is 3.23. The molecule has 34 heavy (non-hydrogen) atoms. The minimum absolute atomic E-state index is 0.00826. The fraction of sp³-hybridized carbons (Fsp3) is 0.440. The van der Waals surface area contributed by atoms with Crippen molar-refractivity contribution in [2.45, 2.75) is 45.6 Å². The third-order valence-electron chi connectivity index (χ3n) is 6.88. The number of nitrogens with one attached hydrogen (secondary N) is 2. The molecule has 0 unspecified atom stereocenters. The Hall–Kier alpha value is -3.54. The predicted molar refractivity (Wildman–Crippen MR) is 123 cm³/mol. The van der Waals surface area contributed by atoms with Gasteiger partial charge in [-0.05, 0) is 49.5 Å². The van der Waals surface area contributed by atoms with Gasteiger partial charge in [0.05, 0.1) is 12.1 Å². The van der Waals surface area contributed by atoms with Crippen LogP contribution in [0.15, 0.2) is 18.5 Å². The number of aliphatic carboxylic acids is 1. The lowest BCUT2D eigenvalue weighted by Crippen LogP contribution is -2.51. The van der Waals surface area contributed by atoms with Crippen LogP contribution < -0.4 is 5.32 Å². The quantitative estimate of drug-likeness (QED) is 0.487. The molecule has 3 aromatic heterocycles. The Morgan fingerprint density at radius 2 is 1.94 bits per heavy atom. The van der Waals surface area contributed by atoms with E-state index in [1.165, 1.54) is 6.07 Å². The summed E-state index contributed by atoms with van der Waals surface area (Å²) in [6, 6.07) is 0.879. The molecule has 3 heterocycles. The molecule has 0 aromatic carbocycles. The number of rotatable bonds is 4. The van der Waals surface area contributed by atoms with E-state index in [9.17, 15) is 14.3 Å². The van der Waals surface area contributed by atoms with Crippen LogP contribution in [0.2, 0.25) is 0 Å². The maximum Gasteiger partial charge on any atom is 0.308 e. The summed E-state index contributed by atoms with van der Waals surface area (Å²) in [7, 11) is 0. The summed E-state index contributed by atoms with van der Waals surface area (Å²) in [4.78, 5) is 27.8. The number of aromatic amines is 1. The Morgan fingerprint density at radius 3 is 2.65 bits per heavy atom. The molecule has 3 saturated carbocycles. The molecule has 0 aliphatic heterocycles. The highest BCUT2D eigenvalue weighted by atomic mass is 19.1. The second-order valence-electron chi connectivity index (χ2n) is 9.44. The Labute approximate surface area is 195 Å². The zero-order valence-electron chi connectivity index (χ0n) is 18.9. The Morgan fingerprint density at radius 1 is 1.21 bits per heavy atom. The van der Waals surface area contributed by atoms with Crippen LogP contribution in [-0.4, -0.2) is 37.1 Å². The smallest absolute Gasteiger partial charge is 0.308 e. The number of anilines is 1. The number of fused-ring (bicyclic) bond motifs is 4. The Balaban J connectivity index is 1.62. The normalized spacial score (nSPS) is 23.7. The molecule has 2 bridgehead atoms. The van der Waals surface area contributed by atoms with Gasteiger partial charge >= 0.3 is 5.97 Å². The first kappa shape index (κ1) is 22.3. The van der Waals surface area contributed by atoms with Crippen LogP contribution in [-0.2, 0) is 4.79 Å². The van der Waals surface area contributed by atoms with Crippen LogP contribution >= 0.6 is 0 Å². The molecule has 3 N–H and O–H groups in total. The Kier molecular flexibility index (Phi) is 5.68. The number of carboxylic acids is 1. The topological polar surface area (TPSA) is 104 Å². The number of halogens is 2. The van der Waals surface area contributed by atoms with Crippen LogP contribution in [0.3, 0.4) is 0 Å². The van der Waals surface area contributed by atoms with Crippen LogP contribution in [0, 0.1) is 47.1 Å². The lowest BCUT2D eigenvalue weighted by molar-refractivity contribution is -0.148. The van der Waals surface area contributed by atoms with Crippen molar-refractivity contribution in [3.05, 3.63) is 35.8 Å². The molecule has 0 saturated heterocycles. The molecule has 3 aromatic rings. The van der Waals surface area contributed by atoms with Crippen LogP contribution in [0.1, 0.15) is 45.2 Å². The molecule has 3 fully saturated rings. The first-order valence-corrected chi connectivity index (χ1v) is 11.5. The predicted octanol–water partition coefficient (Wildman–Crippen LogP) is 4.61. The molecular formula is C25H25F2N5O2. The second kappa shape index (κ2) is 8.67. The third-order valence-corrected chi connectivity index (χ3v) is 6.88. The Bertz CT molecular complexity index is 1320. The summed E-state index contributed by atoms with van der Waals surface area (Å²) in [6.07, 6.45) is 6.24. The van der Waals surface area contributed by atoms with Gasteiger partial charge in [0, 0.05) is 29.1 Å². The lowest BCUT2D eigenvalue weighted by Gasteiger charge is -2.47. The molecule has 9 heteroatoms. The molecule has 6 rings (SSSR count). The number of hydrogen-bond donors (Lipinski definition) is 3. The highest BCUT2D eigenvalue weighted by molar-refractivity contribution is 5.91. The number of nitrogens with zero attached hydrogens (tertiary/aromatic N) is 3. The van der Waals surface area contributed by atoms with Gasteiger partial charge < -0.3 is 15.4 Å². The largest absolute Gasteiger partial charge is 0.481 e. The molecular weight excluding hydrogens is 440 g/mol. The van der Waals surface area contributed by atoms with E-state index in [-0.39, 0.29) is 35.1 Å². The summed E-state index contributed by atoms with van der Waals surface area (Å²) >= 11 is 0. The number of carboxylic acid groups (broad SMARTS) is 1. The van der Waals surface area contributed by atoms with Gasteiger partial charge in [0.1, 0.15) is 11.5 Å². The SMILES string of the molecule is CC(C)C#Cc1nc(-c2c[nH]c3ncc(F)cc23)nc(N[C@H]2C3CCC(CC3)[C@@H]2C(=O)O)c1F. The average molecular weight is 466 g/mol. The van der Waals surface area contributed by atoms with Crippen molar-refractivity contribution in [3.8, 4) is 23.2 Å². The van der Waals surface area contributed by atoms with Gasteiger partial charge in [0.2, 0.25) is 0 Å². The summed E-state index contributed by atoms with van der Waals surface area (Å²) in [5, 5.41) is 13.5. The number of aromatic nitrogens is 4. The second-order valence-corrected chi connectivity index (χ2v) is 9.44. The molecule has 0 amide bonds.